The standard InChI is InChI=1S/C11H14N2O3S/c1-6(2)8(11(15)16)17-10-7(9(12)14)4-3-5-13-10/h3-6,8H,1-2H3,(H2,12,14)(H,15,16). The fourth-order valence-corrected chi connectivity index (χ4v) is 2.29. The lowest BCUT2D eigenvalue weighted by atomic mass is 10.1. The Morgan fingerprint density at radius 1 is 1.47 bits per heavy atom. The van der Waals surface area contributed by atoms with Crippen molar-refractivity contribution in [1.29, 1.82) is 0 Å². The van der Waals surface area contributed by atoms with Gasteiger partial charge in [0.15, 0.2) is 0 Å². The van der Waals surface area contributed by atoms with Crippen molar-refractivity contribution in [2.75, 3.05) is 0 Å². The third-order valence-corrected chi connectivity index (χ3v) is 3.67. The second-order valence-electron chi connectivity index (χ2n) is 3.84. The summed E-state index contributed by atoms with van der Waals surface area (Å²) >= 11 is 1.05. The molecule has 0 aliphatic carbocycles. The number of nitrogens with two attached hydrogens (primary N) is 1. The summed E-state index contributed by atoms with van der Waals surface area (Å²) < 4.78 is 0. The first-order chi connectivity index (χ1) is 7.93. The molecular weight excluding hydrogens is 240 g/mol. The van der Waals surface area contributed by atoms with Crippen LogP contribution in [-0.4, -0.2) is 27.2 Å². The van der Waals surface area contributed by atoms with Gasteiger partial charge in [-0.2, -0.15) is 0 Å². The number of thioether (sulfide) groups is 1. The monoisotopic (exact) mass is 254 g/mol. The van der Waals surface area contributed by atoms with Gasteiger partial charge in [-0.05, 0) is 18.1 Å². The number of hydrogen-bond acceptors (Lipinski definition) is 4. The van der Waals surface area contributed by atoms with E-state index in [1.165, 1.54) is 12.3 Å². The Kier molecular flexibility index (Phi) is 4.51. The molecule has 92 valence electrons. The quantitative estimate of drug-likeness (QED) is 0.774. The first kappa shape index (κ1) is 13.5. The van der Waals surface area contributed by atoms with Crippen molar-refractivity contribution in [3.05, 3.63) is 23.9 Å². The topological polar surface area (TPSA) is 93.3 Å². The van der Waals surface area contributed by atoms with Gasteiger partial charge < -0.3 is 10.8 Å². The first-order valence-corrected chi connectivity index (χ1v) is 5.95. The SMILES string of the molecule is CC(C)C(Sc1ncccc1C(N)=O)C(=O)O. The molecule has 3 N–H and O–H groups in total. The third-order valence-electron chi connectivity index (χ3n) is 2.12. The van der Waals surface area contributed by atoms with E-state index < -0.39 is 17.1 Å². The summed E-state index contributed by atoms with van der Waals surface area (Å²) in [5.41, 5.74) is 5.46. The van der Waals surface area contributed by atoms with E-state index in [1.54, 1.807) is 19.9 Å². The molecule has 1 amide bonds. The molecule has 0 aromatic carbocycles. The number of primary amides is 1. The van der Waals surface area contributed by atoms with E-state index in [0.29, 0.717) is 5.03 Å². The number of amides is 1. The molecule has 1 aromatic rings. The van der Waals surface area contributed by atoms with E-state index in [-0.39, 0.29) is 11.5 Å². The minimum Gasteiger partial charge on any atom is -0.480 e. The van der Waals surface area contributed by atoms with Crippen molar-refractivity contribution in [2.24, 2.45) is 11.7 Å². The lowest BCUT2D eigenvalue weighted by molar-refractivity contribution is -0.137. The Labute approximate surface area is 103 Å². The predicted molar refractivity (Wildman–Crippen MR) is 64.9 cm³/mol. The molecule has 5 nitrogen and oxygen atoms in total. The zero-order valence-electron chi connectivity index (χ0n) is 9.58. The Balaban J connectivity index is 3.01. The van der Waals surface area contributed by atoms with Crippen LogP contribution in [0.2, 0.25) is 0 Å². The Morgan fingerprint density at radius 2 is 2.12 bits per heavy atom. The van der Waals surface area contributed by atoms with Gasteiger partial charge >= 0.3 is 5.97 Å². The molecule has 0 saturated heterocycles. The fraction of sp³-hybridized carbons (Fsp3) is 0.364. The summed E-state index contributed by atoms with van der Waals surface area (Å²) in [5, 5.41) is 8.78. The Hall–Kier alpha value is -1.56. The van der Waals surface area contributed by atoms with Crippen LogP contribution >= 0.6 is 11.8 Å². The van der Waals surface area contributed by atoms with E-state index >= 15 is 0 Å². The molecule has 0 bridgehead atoms. The minimum absolute atomic E-state index is 0.0692. The maximum Gasteiger partial charge on any atom is 0.317 e. The average molecular weight is 254 g/mol. The molecule has 1 aromatic heterocycles. The number of pyridine rings is 1. The summed E-state index contributed by atoms with van der Waals surface area (Å²) in [6.07, 6.45) is 1.51. The van der Waals surface area contributed by atoms with Gasteiger partial charge in [0, 0.05) is 6.20 Å². The van der Waals surface area contributed by atoms with E-state index in [0.717, 1.165) is 11.8 Å². The molecule has 0 aliphatic heterocycles. The highest BCUT2D eigenvalue weighted by Crippen LogP contribution is 2.29. The molecule has 1 atom stereocenters. The number of aromatic nitrogens is 1. The molecule has 0 radical (unpaired) electrons. The van der Waals surface area contributed by atoms with Crippen LogP contribution in [0.15, 0.2) is 23.4 Å². The number of aliphatic carboxylic acids is 1. The van der Waals surface area contributed by atoms with Crippen molar-refractivity contribution in [3.63, 3.8) is 0 Å². The van der Waals surface area contributed by atoms with Gasteiger partial charge in [-0.1, -0.05) is 25.6 Å². The predicted octanol–water partition coefficient (Wildman–Crippen LogP) is 1.38. The Bertz CT molecular complexity index is 434. The van der Waals surface area contributed by atoms with Crippen LogP contribution in [0.3, 0.4) is 0 Å². The average Bonchev–Trinajstić information content (AvgIpc) is 2.25. The zero-order chi connectivity index (χ0) is 13.0. The van der Waals surface area contributed by atoms with Gasteiger partial charge in [0.1, 0.15) is 10.3 Å². The Morgan fingerprint density at radius 3 is 2.59 bits per heavy atom. The van der Waals surface area contributed by atoms with E-state index in [4.69, 9.17) is 10.8 Å². The van der Waals surface area contributed by atoms with Gasteiger partial charge in [0.2, 0.25) is 0 Å². The summed E-state index contributed by atoms with van der Waals surface area (Å²) in [6.45, 7) is 3.61. The second kappa shape index (κ2) is 5.67. The van der Waals surface area contributed by atoms with E-state index in [1.807, 2.05) is 0 Å². The van der Waals surface area contributed by atoms with Gasteiger partial charge in [0.05, 0.1) is 5.56 Å². The van der Waals surface area contributed by atoms with E-state index in [9.17, 15) is 9.59 Å². The lowest BCUT2D eigenvalue weighted by Crippen LogP contribution is -2.23. The zero-order valence-corrected chi connectivity index (χ0v) is 10.4. The molecule has 0 spiro atoms. The summed E-state index contributed by atoms with van der Waals surface area (Å²) in [6, 6.07) is 3.13. The van der Waals surface area contributed by atoms with Gasteiger partial charge in [-0.3, -0.25) is 9.59 Å². The smallest absolute Gasteiger partial charge is 0.317 e. The number of hydrogen-bond donors (Lipinski definition) is 2. The summed E-state index contributed by atoms with van der Waals surface area (Å²) in [4.78, 5) is 26.2. The van der Waals surface area contributed by atoms with Crippen LogP contribution < -0.4 is 5.73 Å². The number of carbonyl (C=O) groups is 2. The molecule has 1 unspecified atom stereocenters. The molecule has 0 aliphatic rings. The van der Waals surface area contributed by atoms with Crippen LogP contribution in [0, 0.1) is 5.92 Å². The highest BCUT2D eigenvalue weighted by Gasteiger charge is 2.25. The summed E-state index contributed by atoms with van der Waals surface area (Å²) in [7, 11) is 0. The molecule has 0 fully saturated rings. The van der Waals surface area contributed by atoms with Crippen molar-refractivity contribution in [2.45, 2.75) is 24.1 Å². The molecule has 0 saturated carbocycles. The number of carboxylic acids is 1. The largest absolute Gasteiger partial charge is 0.480 e. The van der Waals surface area contributed by atoms with Crippen LogP contribution in [0.1, 0.15) is 24.2 Å². The number of carboxylic acid groups (broad SMARTS) is 1. The molecule has 1 rings (SSSR count). The fourth-order valence-electron chi connectivity index (χ4n) is 1.26. The van der Waals surface area contributed by atoms with Crippen molar-refractivity contribution in [3.8, 4) is 0 Å². The van der Waals surface area contributed by atoms with E-state index in [2.05, 4.69) is 4.98 Å². The maximum atomic E-state index is 11.2. The van der Waals surface area contributed by atoms with Gasteiger partial charge in [-0.25, -0.2) is 4.98 Å². The van der Waals surface area contributed by atoms with Crippen LogP contribution in [0.5, 0.6) is 0 Å². The molecule has 1 heterocycles. The number of nitrogens with zero attached hydrogens (tertiary/aromatic N) is 1. The molecular formula is C11H14N2O3S. The van der Waals surface area contributed by atoms with Crippen LogP contribution in [0.25, 0.3) is 0 Å². The van der Waals surface area contributed by atoms with Crippen molar-refractivity contribution >= 4 is 23.6 Å². The maximum absolute atomic E-state index is 11.2. The lowest BCUT2D eigenvalue weighted by Gasteiger charge is -2.15. The third kappa shape index (κ3) is 3.45. The number of rotatable bonds is 5. The van der Waals surface area contributed by atoms with Crippen LogP contribution in [-0.2, 0) is 4.79 Å². The van der Waals surface area contributed by atoms with Crippen molar-refractivity contribution in [1.82, 2.24) is 4.98 Å². The number of carbonyl (C=O) groups excluding carboxylic acids is 1. The highest BCUT2D eigenvalue weighted by atomic mass is 32.2. The minimum atomic E-state index is -0.925. The molecule has 17 heavy (non-hydrogen) atoms. The highest BCUT2D eigenvalue weighted by molar-refractivity contribution is 8.00. The van der Waals surface area contributed by atoms with Crippen molar-refractivity contribution < 1.29 is 14.7 Å². The van der Waals surface area contributed by atoms with Gasteiger partial charge in [-0.15, -0.1) is 0 Å². The second-order valence-corrected chi connectivity index (χ2v) is 4.97. The van der Waals surface area contributed by atoms with Crippen LogP contribution in [0.4, 0.5) is 0 Å². The normalized spacial score (nSPS) is 12.4. The molecule has 6 heteroatoms. The summed E-state index contributed by atoms with van der Waals surface area (Å²) in [5.74, 6) is -1.60. The first-order valence-electron chi connectivity index (χ1n) is 5.07. The van der Waals surface area contributed by atoms with Gasteiger partial charge in [0.25, 0.3) is 5.91 Å².